The molecule has 0 radical (unpaired) electrons. The number of nitrogens with zero attached hydrogens (tertiary/aromatic N) is 2. The zero-order chi connectivity index (χ0) is 24.6. The maximum Gasteiger partial charge on any atom is 0.264 e. The van der Waals surface area contributed by atoms with Crippen LogP contribution >= 0.6 is 23.7 Å². The molecule has 2 N–H and O–H groups in total. The molecule has 7 nitrogen and oxygen atoms in total. The van der Waals surface area contributed by atoms with Crippen molar-refractivity contribution in [1.29, 1.82) is 0 Å². The molecule has 3 aromatic carbocycles. The largest absolute Gasteiger partial charge is 0.337 e. The van der Waals surface area contributed by atoms with Crippen LogP contribution in [0.25, 0.3) is 10.8 Å². The normalized spacial score (nSPS) is 14.7. The number of fused-ring (bicyclic) bond motifs is 2. The van der Waals surface area contributed by atoms with E-state index in [0.29, 0.717) is 17.3 Å². The van der Waals surface area contributed by atoms with E-state index in [9.17, 15) is 13.2 Å². The molecule has 2 aliphatic heterocycles. The van der Waals surface area contributed by atoms with Gasteiger partial charge < -0.3 is 9.62 Å². The summed E-state index contributed by atoms with van der Waals surface area (Å²) in [5, 5.41) is 2.46. The van der Waals surface area contributed by atoms with E-state index in [1.54, 1.807) is 40.8 Å². The summed E-state index contributed by atoms with van der Waals surface area (Å²) in [6.45, 7) is 0.357. The van der Waals surface area contributed by atoms with Gasteiger partial charge in [-0.15, -0.1) is 0 Å². The summed E-state index contributed by atoms with van der Waals surface area (Å²) in [6, 6.07) is 18.5. The fraction of sp³-hybridized carbons (Fsp3) is 0.0800. The number of hydrogen-bond acceptors (Lipinski definition) is 6. The Labute approximate surface area is 213 Å². The Kier molecular flexibility index (Phi) is 6.22. The van der Waals surface area contributed by atoms with Gasteiger partial charge in [-0.05, 0) is 46.7 Å². The average molecular weight is 525 g/mol. The number of carbonyl (C=O) groups is 1. The van der Waals surface area contributed by atoms with Gasteiger partial charge in [-0.25, -0.2) is 8.42 Å². The molecule has 0 bridgehead atoms. The predicted molar refractivity (Wildman–Crippen MR) is 142 cm³/mol. The van der Waals surface area contributed by atoms with Crippen molar-refractivity contribution in [3.05, 3.63) is 112 Å². The molecule has 0 fully saturated rings. The van der Waals surface area contributed by atoms with Gasteiger partial charge in [0, 0.05) is 31.0 Å². The minimum absolute atomic E-state index is 0.0833. The van der Waals surface area contributed by atoms with Crippen molar-refractivity contribution in [1.82, 2.24) is 13.9 Å². The highest BCUT2D eigenvalue weighted by Crippen LogP contribution is 2.34. The number of hydrogen-bond donors (Lipinski definition) is 2. The molecule has 0 saturated carbocycles. The Hall–Kier alpha value is -3.40. The highest BCUT2D eigenvalue weighted by Gasteiger charge is 2.31. The minimum Gasteiger partial charge on any atom is -0.337 e. The number of carbonyl (C=O) groups excluding carboxylic acids is 1. The number of anilines is 1. The van der Waals surface area contributed by atoms with Crippen molar-refractivity contribution in [2.75, 3.05) is 11.8 Å². The minimum atomic E-state index is -4.01. The molecule has 0 aliphatic carbocycles. The van der Waals surface area contributed by atoms with Crippen LogP contribution in [-0.2, 0) is 16.6 Å². The summed E-state index contributed by atoms with van der Waals surface area (Å²) < 4.78 is 33.8. The molecular weight excluding hydrogens is 504 g/mol. The first-order valence-corrected chi connectivity index (χ1v) is 13.3. The van der Waals surface area contributed by atoms with Gasteiger partial charge in [0.05, 0.1) is 29.1 Å². The fourth-order valence-electron chi connectivity index (χ4n) is 4.01. The summed E-state index contributed by atoms with van der Waals surface area (Å²) in [5.74, 6) is -0.330. The zero-order valence-electron chi connectivity index (χ0n) is 18.6. The van der Waals surface area contributed by atoms with E-state index >= 15 is 0 Å². The van der Waals surface area contributed by atoms with E-state index in [-0.39, 0.29) is 22.1 Å². The van der Waals surface area contributed by atoms with Gasteiger partial charge in [0.1, 0.15) is 4.91 Å². The maximum absolute atomic E-state index is 13.5. The SMILES string of the molecule is CN(Cc1cccc2ccccc12)C(=O)c1ccc(Cl)cc1NS(=O)(=O)C1=CC=CN2SNC=C12. The topological polar surface area (TPSA) is 81.8 Å². The van der Waals surface area contributed by atoms with Gasteiger partial charge in [-0.3, -0.25) is 13.8 Å². The van der Waals surface area contributed by atoms with Crippen molar-refractivity contribution in [3.8, 4) is 0 Å². The van der Waals surface area contributed by atoms with Crippen LogP contribution in [0.1, 0.15) is 15.9 Å². The van der Waals surface area contributed by atoms with Crippen LogP contribution < -0.4 is 9.44 Å². The molecule has 2 aliphatic rings. The lowest BCUT2D eigenvalue weighted by Gasteiger charge is -2.23. The Balaban J connectivity index is 1.44. The van der Waals surface area contributed by atoms with E-state index in [4.69, 9.17) is 11.6 Å². The van der Waals surface area contributed by atoms with E-state index in [2.05, 4.69) is 9.44 Å². The molecule has 2 heterocycles. The molecule has 0 aromatic heterocycles. The van der Waals surface area contributed by atoms with Crippen molar-refractivity contribution in [2.24, 2.45) is 0 Å². The fourth-order valence-corrected chi connectivity index (χ4v) is 6.16. The molecule has 5 rings (SSSR count). The van der Waals surface area contributed by atoms with Gasteiger partial charge in [-0.2, -0.15) is 0 Å². The van der Waals surface area contributed by atoms with Crippen molar-refractivity contribution < 1.29 is 13.2 Å². The molecule has 1 amide bonds. The average Bonchev–Trinajstić information content (AvgIpc) is 3.33. The van der Waals surface area contributed by atoms with Gasteiger partial charge in [0.25, 0.3) is 15.9 Å². The van der Waals surface area contributed by atoms with Crippen molar-refractivity contribution in [2.45, 2.75) is 6.54 Å². The summed E-state index contributed by atoms with van der Waals surface area (Å²) >= 11 is 7.44. The van der Waals surface area contributed by atoms with Crippen LogP contribution in [-0.4, -0.2) is 30.6 Å². The van der Waals surface area contributed by atoms with E-state index in [1.165, 1.54) is 30.3 Å². The lowest BCUT2D eigenvalue weighted by molar-refractivity contribution is 0.0786. The quantitative estimate of drug-likeness (QED) is 0.430. The molecule has 3 aromatic rings. The number of benzene rings is 3. The molecule has 0 spiro atoms. The second-order valence-electron chi connectivity index (χ2n) is 8.03. The first kappa shape index (κ1) is 23.3. The van der Waals surface area contributed by atoms with E-state index < -0.39 is 10.0 Å². The van der Waals surface area contributed by atoms with Gasteiger partial charge >= 0.3 is 0 Å². The van der Waals surface area contributed by atoms with Crippen LogP contribution in [0, 0.1) is 0 Å². The molecule has 0 saturated heterocycles. The number of rotatable bonds is 6. The monoisotopic (exact) mass is 524 g/mol. The second-order valence-corrected chi connectivity index (χ2v) is 10.9. The van der Waals surface area contributed by atoms with Crippen LogP contribution in [0.4, 0.5) is 5.69 Å². The smallest absolute Gasteiger partial charge is 0.264 e. The zero-order valence-corrected chi connectivity index (χ0v) is 21.0. The molecule has 178 valence electrons. The predicted octanol–water partition coefficient (Wildman–Crippen LogP) is 5.23. The summed E-state index contributed by atoms with van der Waals surface area (Å²) in [7, 11) is -2.32. The highest BCUT2D eigenvalue weighted by atomic mass is 35.5. The van der Waals surface area contributed by atoms with Crippen molar-refractivity contribution in [3.63, 3.8) is 0 Å². The number of halogens is 1. The lowest BCUT2D eigenvalue weighted by atomic mass is 10.0. The number of amides is 1. The lowest BCUT2D eigenvalue weighted by Crippen LogP contribution is -2.28. The summed E-state index contributed by atoms with van der Waals surface area (Å²) in [4.78, 5) is 15.1. The maximum atomic E-state index is 13.5. The standard InChI is InChI=1S/C25H21ClN4O3S2/c1-29(16-18-8-4-7-17-6-2-3-9-20(17)18)25(31)21-12-11-19(26)14-22(21)28-35(32,33)24-10-5-13-30-23(24)15-27-34-30/h2-15,27-28H,16H2,1H3. The van der Waals surface area contributed by atoms with Crippen LogP contribution in [0.15, 0.2) is 95.8 Å². The van der Waals surface area contributed by atoms with E-state index in [1.807, 2.05) is 42.5 Å². The summed E-state index contributed by atoms with van der Waals surface area (Å²) in [6.07, 6.45) is 6.53. The highest BCUT2D eigenvalue weighted by molar-refractivity contribution is 7.97. The molecule has 10 heteroatoms. The molecule has 0 unspecified atom stereocenters. The number of sulfonamides is 1. The second kappa shape index (κ2) is 9.33. The number of nitrogens with one attached hydrogen (secondary N) is 2. The van der Waals surface area contributed by atoms with Crippen LogP contribution in [0.5, 0.6) is 0 Å². The van der Waals surface area contributed by atoms with Crippen molar-refractivity contribution >= 4 is 56.1 Å². The third kappa shape index (κ3) is 4.62. The van der Waals surface area contributed by atoms with Crippen LogP contribution in [0.3, 0.4) is 0 Å². The van der Waals surface area contributed by atoms with Gasteiger partial charge in [-0.1, -0.05) is 54.1 Å². The van der Waals surface area contributed by atoms with E-state index in [0.717, 1.165) is 16.3 Å². The third-order valence-electron chi connectivity index (χ3n) is 5.69. The van der Waals surface area contributed by atoms with Crippen LogP contribution in [0.2, 0.25) is 5.02 Å². The van der Waals surface area contributed by atoms with Gasteiger partial charge in [0.2, 0.25) is 0 Å². The Morgan fingerprint density at radius 1 is 1.14 bits per heavy atom. The molecular formula is C25H21ClN4O3S2. The molecule has 0 atom stereocenters. The first-order valence-electron chi connectivity index (χ1n) is 10.7. The number of allylic oxidation sites excluding steroid dienone is 2. The Morgan fingerprint density at radius 3 is 2.80 bits per heavy atom. The third-order valence-corrected chi connectivity index (χ3v) is 8.07. The Morgan fingerprint density at radius 2 is 1.94 bits per heavy atom. The first-order chi connectivity index (χ1) is 16.8. The Bertz CT molecular complexity index is 1530. The summed E-state index contributed by atoms with van der Waals surface area (Å²) in [5.41, 5.74) is 1.81. The molecule has 35 heavy (non-hydrogen) atoms. The van der Waals surface area contributed by atoms with Gasteiger partial charge in [0.15, 0.2) is 0 Å².